The molecule has 0 atom stereocenters. The van der Waals surface area contributed by atoms with Crippen LogP contribution in [0.25, 0.3) is 0 Å². The lowest BCUT2D eigenvalue weighted by Crippen LogP contribution is -2.50. The molecular formula is C20H25N3O2. The highest BCUT2D eigenvalue weighted by molar-refractivity contribution is 5.91. The molecule has 5 heteroatoms. The summed E-state index contributed by atoms with van der Waals surface area (Å²) in [6.07, 6.45) is 0. The number of hydrogen-bond acceptors (Lipinski definition) is 3. The van der Waals surface area contributed by atoms with Crippen LogP contribution in [0.2, 0.25) is 0 Å². The molecular weight excluding hydrogens is 314 g/mol. The number of methoxy groups -OCH3 is 1. The monoisotopic (exact) mass is 339 g/mol. The van der Waals surface area contributed by atoms with Crippen molar-refractivity contribution in [1.82, 2.24) is 4.90 Å². The SMILES string of the molecule is COc1ccccc1NC(=O)N1CCN(c2ccc(C)c(C)c2)CC1. The molecule has 1 heterocycles. The Kier molecular flexibility index (Phi) is 5.12. The second kappa shape index (κ2) is 7.47. The van der Waals surface area contributed by atoms with Crippen LogP contribution in [0.4, 0.5) is 16.2 Å². The van der Waals surface area contributed by atoms with Crippen molar-refractivity contribution >= 4 is 17.4 Å². The van der Waals surface area contributed by atoms with Gasteiger partial charge in [-0.25, -0.2) is 4.79 Å². The molecule has 1 aliphatic rings. The molecule has 0 aromatic heterocycles. The number of carbonyl (C=O) groups excluding carboxylic acids is 1. The zero-order valence-electron chi connectivity index (χ0n) is 15.1. The number of carbonyl (C=O) groups is 1. The minimum absolute atomic E-state index is 0.0794. The molecule has 3 rings (SSSR count). The maximum Gasteiger partial charge on any atom is 0.322 e. The number of rotatable bonds is 3. The van der Waals surface area contributed by atoms with Gasteiger partial charge in [0.15, 0.2) is 0 Å². The van der Waals surface area contributed by atoms with Crippen LogP contribution in [0.3, 0.4) is 0 Å². The first-order valence-corrected chi connectivity index (χ1v) is 8.59. The number of nitrogens with zero attached hydrogens (tertiary/aromatic N) is 2. The summed E-state index contributed by atoms with van der Waals surface area (Å²) in [5.41, 5.74) is 4.53. The molecule has 1 fully saturated rings. The molecule has 2 amide bonds. The van der Waals surface area contributed by atoms with Crippen molar-refractivity contribution < 1.29 is 9.53 Å². The first-order valence-electron chi connectivity index (χ1n) is 8.59. The van der Waals surface area contributed by atoms with E-state index in [1.54, 1.807) is 7.11 Å². The van der Waals surface area contributed by atoms with E-state index in [9.17, 15) is 4.79 Å². The van der Waals surface area contributed by atoms with Crippen molar-refractivity contribution in [2.75, 3.05) is 43.5 Å². The predicted octanol–water partition coefficient (Wildman–Crippen LogP) is 3.67. The third-order valence-corrected chi connectivity index (χ3v) is 4.77. The number of hydrogen-bond donors (Lipinski definition) is 1. The molecule has 25 heavy (non-hydrogen) atoms. The Morgan fingerprint density at radius 1 is 1.00 bits per heavy atom. The van der Waals surface area contributed by atoms with Gasteiger partial charge >= 0.3 is 6.03 Å². The van der Waals surface area contributed by atoms with Gasteiger partial charge in [0.2, 0.25) is 0 Å². The quantitative estimate of drug-likeness (QED) is 0.928. The summed E-state index contributed by atoms with van der Waals surface area (Å²) in [5, 5.41) is 2.95. The van der Waals surface area contributed by atoms with Crippen LogP contribution in [-0.2, 0) is 0 Å². The minimum atomic E-state index is -0.0794. The molecule has 1 saturated heterocycles. The average Bonchev–Trinajstić information content (AvgIpc) is 2.64. The molecule has 1 N–H and O–H groups in total. The van der Waals surface area contributed by atoms with Gasteiger partial charge in [-0.2, -0.15) is 0 Å². The fourth-order valence-corrected chi connectivity index (χ4v) is 3.03. The Hall–Kier alpha value is -2.69. The van der Waals surface area contributed by atoms with Gasteiger partial charge in [-0.05, 0) is 49.2 Å². The number of amides is 2. The highest BCUT2D eigenvalue weighted by Gasteiger charge is 2.22. The average molecular weight is 339 g/mol. The molecule has 0 spiro atoms. The normalized spacial score (nSPS) is 14.4. The first kappa shape index (κ1) is 17.1. The lowest BCUT2D eigenvalue weighted by Gasteiger charge is -2.36. The second-order valence-corrected chi connectivity index (χ2v) is 6.37. The van der Waals surface area contributed by atoms with Gasteiger partial charge in [-0.1, -0.05) is 18.2 Å². The van der Waals surface area contributed by atoms with E-state index in [-0.39, 0.29) is 6.03 Å². The van der Waals surface area contributed by atoms with Crippen LogP contribution < -0.4 is 15.0 Å². The first-order chi connectivity index (χ1) is 12.1. The van der Waals surface area contributed by atoms with E-state index < -0.39 is 0 Å². The van der Waals surface area contributed by atoms with Crippen LogP contribution in [0, 0.1) is 13.8 Å². The fraction of sp³-hybridized carbons (Fsp3) is 0.350. The molecule has 132 valence electrons. The van der Waals surface area contributed by atoms with E-state index in [4.69, 9.17) is 4.74 Å². The summed E-state index contributed by atoms with van der Waals surface area (Å²) >= 11 is 0. The molecule has 0 radical (unpaired) electrons. The Morgan fingerprint density at radius 2 is 1.72 bits per heavy atom. The van der Waals surface area contributed by atoms with Crippen LogP contribution in [0.5, 0.6) is 5.75 Å². The van der Waals surface area contributed by atoms with Gasteiger partial charge in [-0.15, -0.1) is 0 Å². The predicted molar refractivity (Wildman–Crippen MR) is 102 cm³/mol. The molecule has 0 bridgehead atoms. The summed E-state index contributed by atoms with van der Waals surface area (Å²) in [6, 6.07) is 13.9. The van der Waals surface area contributed by atoms with Crippen molar-refractivity contribution in [1.29, 1.82) is 0 Å². The summed E-state index contributed by atoms with van der Waals surface area (Å²) in [5.74, 6) is 0.671. The number of urea groups is 1. The van der Waals surface area contributed by atoms with Crippen molar-refractivity contribution in [3.05, 3.63) is 53.6 Å². The summed E-state index contributed by atoms with van der Waals surface area (Å²) in [4.78, 5) is 16.7. The maximum absolute atomic E-state index is 12.5. The van der Waals surface area contributed by atoms with Gasteiger partial charge < -0.3 is 19.9 Å². The molecule has 5 nitrogen and oxygen atoms in total. The minimum Gasteiger partial charge on any atom is -0.495 e. The van der Waals surface area contributed by atoms with Gasteiger partial charge in [-0.3, -0.25) is 0 Å². The van der Waals surface area contributed by atoms with Gasteiger partial charge in [0.05, 0.1) is 12.8 Å². The Morgan fingerprint density at radius 3 is 2.40 bits per heavy atom. The lowest BCUT2D eigenvalue weighted by molar-refractivity contribution is 0.208. The van der Waals surface area contributed by atoms with Crippen LogP contribution in [0.15, 0.2) is 42.5 Å². The number of ether oxygens (including phenoxy) is 1. The molecule has 0 aliphatic carbocycles. The lowest BCUT2D eigenvalue weighted by atomic mass is 10.1. The second-order valence-electron chi connectivity index (χ2n) is 6.37. The van der Waals surface area contributed by atoms with Crippen LogP contribution >= 0.6 is 0 Å². The van der Waals surface area contributed by atoms with Crippen LogP contribution in [-0.4, -0.2) is 44.2 Å². The third kappa shape index (κ3) is 3.87. The highest BCUT2D eigenvalue weighted by atomic mass is 16.5. The number of piperazine rings is 1. The maximum atomic E-state index is 12.5. The summed E-state index contributed by atoms with van der Waals surface area (Å²) in [7, 11) is 1.60. The molecule has 0 saturated carbocycles. The largest absolute Gasteiger partial charge is 0.495 e. The standard InChI is InChI=1S/C20H25N3O2/c1-15-8-9-17(14-16(15)2)22-10-12-23(13-11-22)20(24)21-18-6-4-5-7-19(18)25-3/h4-9,14H,10-13H2,1-3H3,(H,21,24). The van der Waals surface area contributed by atoms with Gasteiger partial charge in [0, 0.05) is 31.9 Å². The molecule has 0 unspecified atom stereocenters. The molecule has 1 aliphatic heterocycles. The van der Waals surface area contributed by atoms with Crippen molar-refractivity contribution in [3.63, 3.8) is 0 Å². The van der Waals surface area contributed by atoms with Crippen molar-refractivity contribution in [2.24, 2.45) is 0 Å². The van der Waals surface area contributed by atoms with E-state index in [0.717, 1.165) is 13.1 Å². The van der Waals surface area contributed by atoms with Crippen molar-refractivity contribution in [3.8, 4) is 5.75 Å². The van der Waals surface area contributed by atoms with Crippen molar-refractivity contribution in [2.45, 2.75) is 13.8 Å². The Balaban J connectivity index is 1.60. The van der Waals surface area contributed by atoms with E-state index in [0.29, 0.717) is 24.5 Å². The van der Waals surface area contributed by atoms with E-state index in [1.165, 1.54) is 16.8 Å². The topological polar surface area (TPSA) is 44.8 Å². The third-order valence-electron chi connectivity index (χ3n) is 4.77. The van der Waals surface area contributed by atoms with Crippen LogP contribution in [0.1, 0.15) is 11.1 Å². The summed E-state index contributed by atoms with van der Waals surface area (Å²) < 4.78 is 5.29. The zero-order valence-corrected chi connectivity index (χ0v) is 15.1. The van der Waals surface area contributed by atoms with Gasteiger partial charge in [0.1, 0.15) is 5.75 Å². The smallest absolute Gasteiger partial charge is 0.322 e. The molecule has 2 aromatic rings. The molecule has 2 aromatic carbocycles. The number of anilines is 2. The van der Waals surface area contributed by atoms with E-state index in [1.807, 2.05) is 29.2 Å². The number of para-hydroxylation sites is 2. The number of nitrogens with one attached hydrogen (secondary N) is 1. The van der Waals surface area contributed by atoms with E-state index in [2.05, 4.69) is 42.3 Å². The van der Waals surface area contributed by atoms with E-state index >= 15 is 0 Å². The Labute approximate surface area is 149 Å². The van der Waals surface area contributed by atoms with Gasteiger partial charge in [0.25, 0.3) is 0 Å². The number of aryl methyl sites for hydroxylation is 2. The Bertz CT molecular complexity index is 752. The summed E-state index contributed by atoms with van der Waals surface area (Å²) in [6.45, 7) is 7.33. The highest BCUT2D eigenvalue weighted by Crippen LogP contribution is 2.24. The number of benzene rings is 2. The zero-order chi connectivity index (χ0) is 17.8. The fourth-order valence-electron chi connectivity index (χ4n) is 3.03.